The number of carbonyl (C=O) groups excluding carboxylic acids is 1. The Morgan fingerprint density at radius 2 is 1.56 bits per heavy atom. The molecule has 3 saturated heterocycles. The SMILES string of the molecule is CC[C@@H]1O[C@@H](O[C@H]2[C@H](C)[C@@H](O[C@@H]3O[C@H](C)C[C@H](N(C)C)[C@H]3O)[C@](C)(O)C[C@@H](C)CN(C)[C@H](C)[C@@H](O)[C@](C)(O)[C@@H](CC)OC(=O)[C@@H]2C)C[C@@](CC)(OC)[C@H]1O. The van der Waals surface area contributed by atoms with E-state index in [1.807, 2.05) is 72.5 Å². The van der Waals surface area contributed by atoms with Crippen LogP contribution in [0.4, 0.5) is 0 Å². The van der Waals surface area contributed by atoms with Gasteiger partial charge in [-0.2, -0.15) is 0 Å². The van der Waals surface area contributed by atoms with Crippen LogP contribution in [0.2, 0.25) is 0 Å². The Morgan fingerprint density at radius 3 is 2.09 bits per heavy atom. The highest BCUT2D eigenvalue weighted by atomic mass is 16.7. The summed E-state index contributed by atoms with van der Waals surface area (Å²) in [6.07, 6.45) is -7.11. The summed E-state index contributed by atoms with van der Waals surface area (Å²) in [7, 11) is 7.18. The summed E-state index contributed by atoms with van der Waals surface area (Å²) in [5.41, 5.74) is -4.34. The second kappa shape index (κ2) is 19.2. The highest BCUT2D eigenvalue weighted by molar-refractivity contribution is 5.73. The Kier molecular flexibility index (Phi) is 16.8. The quantitative estimate of drug-likeness (QED) is 0.216. The number of aliphatic hydroxyl groups excluding tert-OH is 3. The van der Waals surface area contributed by atoms with Gasteiger partial charge < -0.3 is 63.8 Å². The van der Waals surface area contributed by atoms with Crippen molar-refractivity contribution in [2.75, 3.05) is 34.8 Å². The number of likely N-dealkylation sites (N-methyl/N-ethyl adjacent to an activating group) is 2. The van der Waals surface area contributed by atoms with Crippen LogP contribution in [0.5, 0.6) is 0 Å². The van der Waals surface area contributed by atoms with Gasteiger partial charge in [0.2, 0.25) is 0 Å². The molecule has 0 amide bonds. The molecule has 3 rings (SSSR count). The molecular weight excluding hydrogens is 700 g/mol. The maximum absolute atomic E-state index is 14.3. The predicted octanol–water partition coefficient (Wildman–Crippen LogP) is 2.68. The number of carbonyl (C=O) groups is 1. The van der Waals surface area contributed by atoms with Crippen molar-refractivity contribution in [1.29, 1.82) is 0 Å². The molecule has 3 heterocycles. The van der Waals surface area contributed by atoms with Crippen LogP contribution < -0.4 is 0 Å². The molecule has 14 nitrogen and oxygen atoms in total. The maximum Gasteiger partial charge on any atom is 0.311 e. The van der Waals surface area contributed by atoms with Crippen molar-refractivity contribution in [3.8, 4) is 0 Å². The summed E-state index contributed by atoms with van der Waals surface area (Å²) in [6.45, 7) is 18.5. The fourth-order valence-corrected chi connectivity index (χ4v) is 9.30. The fraction of sp³-hybridized carbons (Fsp3) is 0.975. The minimum Gasteiger partial charge on any atom is -0.459 e. The predicted molar refractivity (Wildman–Crippen MR) is 203 cm³/mol. The first-order chi connectivity index (χ1) is 25.0. The van der Waals surface area contributed by atoms with Crippen LogP contribution in [0.1, 0.15) is 108 Å². The molecule has 318 valence electrons. The molecule has 0 unspecified atom stereocenters. The van der Waals surface area contributed by atoms with E-state index in [0.29, 0.717) is 25.8 Å². The number of cyclic esters (lactones) is 1. The Morgan fingerprint density at radius 1 is 0.926 bits per heavy atom. The monoisotopic (exact) mass is 777 g/mol. The number of hydrogen-bond donors (Lipinski definition) is 5. The molecule has 0 spiro atoms. The van der Waals surface area contributed by atoms with Gasteiger partial charge in [0.1, 0.15) is 35.6 Å². The van der Waals surface area contributed by atoms with Gasteiger partial charge in [-0.1, -0.05) is 34.6 Å². The van der Waals surface area contributed by atoms with Crippen LogP contribution in [-0.2, 0) is 33.2 Å². The molecule has 54 heavy (non-hydrogen) atoms. The van der Waals surface area contributed by atoms with Crippen molar-refractivity contribution in [3.63, 3.8) is 0 Å². The number of esters is 1. The topological polar surface area (TPSA) is 180 Å². The third-order valence-electron chi connectivity index (χ3n) is 12.9. The zero-order chi connectivity index (χ0) is 41.1. The number of aliphatic hydroxyl groups is 5. The summed E-state index contributed by atoms with van der Waals surface area (Å²) in [5, 5.41) is 58.8. The van der Waals surface area contributed by atoms with Gasteiger partial charge in [-0.15, -0.1) is 0 Å². The molecule has 3 fully saturated rings. The van der Waals surface area contributed by atoms with E-state index in [0.717, 1.165) is 0 Å². The largest absolute Gasteiger partial charge is 0.459 e. The van der Waals surface area contributed by atoms with Crippen molar-refractivity contribution in [3.05, 3.63) is 0 Å². The first-order valence-electron chi connectivity index (χ1n) is 20.2. The minimum atomic E-state index is -1.80. The lowest BCUT2D eigenvalue weighted by Crippen LogP contribution is -2.61. The number of hydrogen-bond acceptors (Lipinski definition) is 14. The van der Waals surface area contributed by atoms with E-state index < -0.39 is 96.0 Å². The van der Waals surface area contributed by atoms with Gasteiger partial charge in [0.15, 0.2) is 12.6 Å². The lowest BCUT2D eigenvalue weighted by molar-refractivity contribution is -0.321. The van der Waals surface area contributed by atoms with Gasteiger partial charge in [0.05, 0.1) is 35.9 Å². The molecule has 0 aliphatic carbocycles. The molecule has 5 N–H and O–H groups in total. The standard InChI is InChI=1S/C40H76N2O12/c1-15-28-34(45)40(17-3,49-14)20-30(51-28)53-32-24(6)35(54-37-31(43)27(41(11)12)18-23(5)50-37)38(9,47)19-22(4)21-42(13)26(8)33(44)39(10,48)29(16-2)52-36(46)25(32)7/h22-35,37,43-45,47-48H,15-21H2,1-14H3/t22-,23-,24+,25-,26-,27+,28+,29-,30+,31-,32+,33-,34+,35-,37+,38-,39-,40-/m1/s1. The summed E-state index contributed by atoms with van der Waals surface area (Å²) in [6, 6.07) is -0.810. The van der Waals surface area contributed by atoms with Crippen molar-refractivity contribution in [2.24, 2.45) is 17.8 Å². The molecule has 18 atom stereocenters. The summed E-state index contributed by atoms with van der Waals surface area (Å²) < 4.78 is 38.2. The van der Waals surface area contributed by atoms with E-state index in [1.54, 1.807) is 27.9 Å². The lowest BCUT2D eigenvalue weighted by atomic mass is 9.77. The molecular formula is C40H76N2O12. The Balaban J connectivity index is 2.20. The Bertz CT molecular complexity index is 1170. The van der Waals surface area contributed by atoms with E-state index >= 15 is 0 Å². The van der Waals surface area contributed by atoms with Crippen LogP contribution in [0.25, 0.3) is 0 Å². The second-order valence-corrected chi connectivity index (χ2v) is 17.5. The smallest absolute Gasteiger partial charge is 0.311 e. The van der Waals surface area contributed by atoms with Crippen LogP contribution >= 0.6 is 0 Å². The van der Waals surface area contributed by atoms with E-state index in [9.17, 15) is 30.3 Å². The molecule has 3 aliphatic rings. The van der Waals surface area contributed by atoms with Gasteiger partial charge in [-0.25, -0.2) is 0 Å². The molecule has 0 aromatic carbocycles. The third kappa shape index (κ3) is 10.3. The van der Waals surface area contributed by atoms with Crippen molar-refractivity contribution in [2.45, 2.75) is 198 Å². The number of methoxy groups -OCH3 is 1. The lowest BCUT2D eigenvalue weighted by Gasteiger charge is -2.49. The number of nitrogens with zero attached hydrogens (tertiary/aromatic N) is 2. The fourth-order valence-electron chi connectivity index (χ4n) is 9.30. The van der Waals surface area contributed by atoms with Gasteiger partial charge >= 0.3 is 5.97 Å². The van der Waals surface area contributed by atoms with E-state index in [4.69, 9.17) is 28.4 Å². The first-order valence-corrected chi connectivity index (χ1v) is 20.2. The molecule has 0 radical (unpaired) electrons. The maximum atomic E-state index is 14.3. The van der Waals surface area contributed by atoms with Crippen LogP contribution in [0.15, 0.2) is 0 Å². The zero-order valence-electron chi connectivity index (χ0n) is 35.6. The summed E-state index contributed by atoms with van der Waals surface area (Å²) in [5.74, 6) is -2.58. The average molecular weight is 777 g/mol. The molecule has 14 heteroatoms. The van der Waals surface area contributed by atoms with E-state index in [2.05, 4.69) is 0 Å². The third-order valence-corrected chi connectivity index (χ3v) is 12.9. The molecule has 3 aliphatic heterocycles. The van der Waals surface area contributed by atoms with Gasteiger partial charge in [-0.3, -0.25) is 4.79 Å². The molecule has 0 aromatic rings. The second-order valence-electron chi connectivity index (χ2n) is 17.5. The summed E-state index contributed by atoms with van der Waals surface area (Å²) in [4.78, 5) is 18.2. The van der Waals surface area contributed by atoms with Crippen molar-refractivity contribution < 1.29 is 58.7 Å². The Labute approximate surface area is 324 Å². The normalized spacial score (nSPS) is 48.2. The summed E-state index contributed by atoms with van der Waals surface area (Å²) >= 11 is 0. The molecule has 0 bridgehead atoms. The highest BCUT2D eigenvalue weighted by Crippen LogP contribution is 2.41. The molecule has 0 saturated carbocycles. The molecule has 0 aromatic heterocycles. The van der Waals surface area contributed by atoms with Crippen molar-refractivity contribution >= 4 is 5.97 Å². The van der Waals surface area contributed by atoms with Crippen molar-refractivity contribution in [1.82, 2.24) is 9.80 Å². The first kappa shape index (κ1) is 47.4. The van der Waals surface area contributed by atoms with Gasteiger partial charge in [0, 0.05) is 38.1 Å². The van der Waals surface area contributed by atoms with Crippen LogP contribution in [-0.4, -0.2) is 166 Å². The average Bonchev–Trinajstić information content (AvgIpc) is 3.11. The van der Waals surface area contributed by atoms with E-state index in [1.165, 1.54) is 6.92 Å². The van der Waals surface area contributed by atoms with Crippen LogP contribution in [0, 0.1) is 17.8 Å². The van der Waals surface area contributed by atoms with E-state index in [-0.39, 0.29) is 37.3 Å². The highest BCUT2D eigenvalue weighted by Gasteiger charge is 2.53. The Hall–Kier alpha value is -1.01. The zero-order valence-corrected chi connectivity index (χ0v) is 35.6. The van der Waals surface area contributed by atoms with Gasteiger partial charge in [-0.05, 0) is 93.8 Å². The number of rotatable bonds is 9. The van der Waals surface area contributed by atoms with Gasteiger partial charge in [0.25, 0.3) is 0 Å². The number of ether oxygens (including phenoxy) is 6. The van der Waals surface area contributed by atoms with Crippen LogP contribution in [0.3, 0.4) is 0 Å². The minimum absolute atomic E-state index is 0.143.